The van der Waals surface area contributed by atoms with Gasteiger partial charge in [0.15, 0.2) is 16.9 Å². The lowest BCUT2D eigenvalue weighted by molar-refractivity contribution is 0.0783. The largest absolute Gasteiger partial charge is 0.497 e. The predicted molar refractivity (Wildman–Crippen MR) is 226 cm³/mol. The molecule has 4 aromatic rings. The van der Waals surface area contributed by atoms with Crippen molar-refractivity contribution in [1.82, 2.24) is 9.80 Å². The van der Waals surface area contributed by atoms with E-state index in [9.17, 15) is 27.1 Å². The first kappa shape index (κ1) is 40.1. The Labute approximate surface area is 346 Å². The van der Waals surface area contributed by atoms with Crippen molar-refractivity contribution in [2.75, 3.05) is 38.1 Å². The summed E-state index contributed by atoms with van der Waals surface area (Å²) in [5, 5.41) is 4.27. The number of carbonyl (C=O) groups excluding carboxylic acids is 2. The number of carbonyl (C=O) groups is 2. The molecule has 4 aromatic carbocycles. The molecule has 0 saturated carbocycles. The number of ether oxygens (including phenoxy) is 4. The Morgan fingerprint density at radius 2 is 1.29 bits per heavy atom. The van der Waals surface area contributed by atoms with Crippen LogP contribution >= 0.6 is 12.0 Å². The molecule has 2 amide bonds. The average Bonchev–Trinajstić information content (AvgIpc) is 3.83. The first-order valence-electron chi connectivity index (χ1n) is 19.1. The number of anilines is 2. The van der Waals surface area contributed by atoms with Gasteiger partial charge >= 0.3 is 0 Å². The van der Waals surface area contributed by atoms with Crippen LogP contribution in [0.15, 0.2) is 85.2 Å². The van der Waals surface area contributed by atoms with Crippen molar-refractivity contribution >= 4 is 56.5 Å². The molecule has 4 heterocycles. The maximum atomic E-state index is 13.9. The molecule has 4 aliphatic heterocycles. The lowest BCUT2D eigenvalue weighted by Gasteiger charge is -2.26. The van der Waals surface area contributed by atoms with Gasteiger partial charge in [0.2, 0.25) is 0 Å². The molecule has 4 N–H and O–H groups in total. The molecule has 0 saturated heterocycles. The number of rotatable bonds is 12. The predicted octanol–water partition coefficient (Wildman–Crippen LogP) is 7.28. The quantitative estimate of drug-likeness (QED) is 0.0637. The second-order valence-corrected chi connectivity index (χ2v) is 17.1. The van der Waals surface area contributed by atoms with Crippen molar-refractivity contribution in [3.63, 3.8) is 0 Å². The second-order valence-electron chi connectivity index (χ2n) is 14.9. The number of nitrogens with zero attached hydrogens (tertiary/aromatic N) is 2. The number of amides is 2. The fraction of sp³-hybridized carbons (Fsp3) is 0.302. The van der Waals surface area contributed by atoms with E-state index in [0.717, 1.165) is 27.8 Å². The highest BCUT2D eigenvalue weighted by molar-refractivity contribution is 7.94. The standard InChI is InChI=1S/C43H44N4O10S2/c1-24-6-8-26(9-7-24)28-17-35-40(58-50)44-33-21-39(38(55-4)19-32(33)43(49)46(35)22-28)57-15-5-14-56-37-20-34-31(16-25(37)2)42(48)47-23-29(27-10-12-30(54-3)13-11-27)18-36(47)41(45-34)59(51,52)53/h6-13,16,19-23,35-36,40-41,44-45,50H,5,14-15,17-18H2,1-4H3,(H,51,52,53)/t35?,36-,40?,41?/m0/s1. The fourth-order valence-electron chi connectivity index (χ4n) is 8.00. The van der Waals surface area contributed by atoms with Crippen LogP contribution in [0.4, 0.5) is 11.4 Å². The topological polar surface area (TPSA) is 176 Å². The molecule has 0 fully saturated rings. The van der Waals surface area contributed by atoms with Crippen LogP contribution in [0.5, 0.6) is 23.0 Å². The van der Waals surface area contributed by atoms with E-state index < -0.39 is 32.8 Å². The van der Waals surface area contributed by atoms with Gasteiger partial charge in [0, 0.05) is 43.0 Å². The number of nitrogens with one attached hydrogen (secondary N) is 2. The summed E-state index contributed by atoms with van der Waals surface area (Å²) in [6.45, 7) is 4.24. The molecule has 4 aliphatic rings. The molecule has 4 atom stereocenters. The number of methoxy groups -OCH3 is 2. The summed E-state index contributed by atoms with van der Waals surface area (Å²) >= 11 is 0.655. The van der Waals surface area contributed by atoms with E-state index in [4.69, 9.17) is 18.9 Å². The van der Waals surface area contributed by atoms with Gasteiger partial charge in [-0.15, -0.1) is 0 Å². The van der Waals surface area contributed by atoms with E-state index in [1.807, 2.05) is 49.5 Å². The van der Waals surface area contributed by atoms with E-state index in [2.05, 4.69) is 10.6 Å². The van der Waals surface area contributed by atoms with Gasteiger partial charge in [-0.1, -0.05) is 42.0 Å². The molecule has 16 heteroatoms. The van der Waals surface area contributed by atoms with E-state index in [1.54, 1.807) is 61.5 Å². The minimum Gasteiger partial charge on any atom is -0.497 e. The van der Waals surface area contributed by atoms with Crippen molar-refractivity contribution in [2.45, 2.75) is 55.9 Å². The van der Waals surface area contributed by atoms with Crippen LogP contribution < -0.4 is 29.6 Å². The maximum absolute atomic E-state index is 13.9. The Kier molecular flexibility index (Phi) is 11.0. The summed E-state index contributed by atoms with van der Waals surface area (Å²) in [7, 11) is -1.60. The van der Waals surface area contributed by atoms with Gasteiger partial charge in [0.05, 0.1) is 62.0 Å². The van der Waals surface area contributed by atoms with Crippen LogP contribution in [0.1, 0.15) is 62.2 Å². The van der Waals surface area contributed by atoms with Crippen LogP contribution in [-0.2, 0) is 10.1 Å². The highest BCUT2D eigenvalue weighted by Crippen LogP contribution is 2.43. The van der Waals surface area contributed by atoms with E-state index in [-0.39, 0.29) is 42.8 Å². The Morgan fingerprint density at radius 1 is 0.729 bits per heavy atom. The molecule has 14 nitrogen and oxygen atoms in total. The third-order valence-corrected chi connectivity index (χ3v) is 12.9. The van der Waals surface area contributed by atoms with Gasteiger partial charge < -0.3 is 43.9 Å². The van der Waals surface area contributed by atoms with Crippen molar-refractivity contribution in [2.24, 2.45) is 0 Å². The Bertz CT molecular complexity index is 2470. The number of hydrogen-bond donors (Lipinski definition) is 4. The summed E-state index contributed by atoms with van der Waals surface area (Å²) in [6.07, 6.45) is 4.69. The van der Waals surface area contributed by atoms with Crippen LogP contribution in [0, 0.1) is 13.8 Å². The van der Waals surface area contributed by atoms with E-state index in [0.29, 0.717) is 64.7 Å². The first-order valence-corrected chi connectivity index (χ1v) is 21.4. The SMILES string of the molecule is COc1ccc(C2=CN3C(=O)c4cc(C)c(OCCCOc5cc6c(cc5OC)C(=O)N5C=C(c7ccc(C)cc7)CC5C(SO)N6)cc4NC(S(=O)(=O)O)[C@@H]3C2)cc1. The third kappa shape index (κ3) is 7.80. The fourth-order valence-corrected chi connectivity index (χ4v) is 9.45. The monoisotopic (exact) mass is 840 g/mol. The zero-order chi connectivity index (χ0) is 41.6. The van der Waals surface area contributed by atoms with Crippen molar-refractivity contribution in [1.29, 1.82) is 0 Å². The molecule has 0 spiro atoms. The van der Waals surface area contributed by atoms with Crippen molar-refractivity contribution < 1.29 is 46.1 Å². The lowest BCUT2D eigenvalue weighted by Crippen LogP contribution is -2.46. The van der Waals surface area contributed by atoms with E-state index >= 15 is 0 Å². The maximum Gasteiger partial charge on any atom is 0.288 e. The minimum atomic E-state index is -4.67. The third-order valence-electron chi connectivity index (χ3n) is 11.1. The van der Waals surface area contributed by atoms with Crippen LogP contribution in [0.3, 0.4) is 0 Å². The van der Waals surface area contributed by atoms with Crippen LogP contribution in [0.2, 0.25) is 0 Å². The molecule has 59 heavy (non-hydrogen) atoms. The molecular formula is C43H44N4O10S2. The normalized spacial score (nSPS) is 20.8. The number of benzene rings is 4. The lowest BCUT2D eigenvalue weighted by atomic mass is 10.0. The average molecular weight is 841 g/mol. The zero-order valence-corrected chi connectivity index (χ0v) is 34.4. The second kappa shape index (κ2) is 16.2. The number of aryl methyl sites for hydroxylation is 2. The summed E-state index contributed by atoms with van der Waals surface area (Å²) in [4.78, 5) is 30.9. The van der Waals surface area contributed by atoms with Gasteiger partial charge in [-0.2, -0.15) is 8.42 Å². The molecule has 0 aromatic heterocycles. The van der Waals surface area contributed by atoms with Crippen LogP contribution in [0.25, 0.3) is 11.1 Å². The van der Waals surface area contributed by atoms with Gasteiger partial charge in [0.25, 0.3) is 21.9 Å². The molecule has 0 aliphatic carbocycles. The zero-order valence-electron chi connectivity index (χ0n) is 32.8. The summed E-state index contributed by atoms with van der Waals surface area (Å²) in [6, 6.07) is 20.7. The summed E-state index contributed by atoms with van der Waals surface area (Å²) < 4.78 is 69.4. The Morgan fingerprint density at radius 3 is 1.90 bits per heavy atom. The molecule has 308 valence electrons. The summed E-state index contributed by atoms with van der Waals surface area (Å²) in [5.74, 6) is 1.22. The Hall–Kier alpha value is -5.68. The number of hydrogen-bond acceptors (Lipinski definition) is 12. The van der Waals surface area contributed by atoms with Crippen LogP contribution in [-0.4, -0.2) is 89.4 Å². The highest BCUT2D eigenvalue weighted by atomic mass is 32.2. The smallest absolute Gasteiger partial charge is 0.288 e. The van der Waals surface area contributed by atoms with Gasteiger partial charge in [-0.3, -0.25) is 14.1 Å². The van der Waals surface area contributed by atoms with Crippen molar-refractivity contribution in [3.8, 4) is 23.0 Å². The number of fused-ring (bicyclic) bond motifs is 4. The molecular weight excluding hydrogens is 797 g/mol. The molecule has 0 radical (unpaired) electrons. The highest BCUT2D eigenvalue weighted by Gasteiger charge is 2.45. The summed E-state index contributed by atoms with van der Waals surface area (Å²) in [5.41, 5.74) is 6.74. The van der Waals surface area contributed by atoms with Gasteiger partial charge in [-0.05, 0) is 78.8 Å². The van der Waals surface area contributed by atoms with Gasteiger partial charge in [-0.25, -0.2) is 0 Å². The molecule has 0 bridgehead atoms. The van der Waals surface area contributed by atoms with Crippen molar-refractivity contribution in [3.05, 3.63) is 119 Å². The molecule has 8 rings (SSSR count). The van der Waals surface area contributed by atoms with Gasteiger partial charge in [0.1, 0.15) is 16.9 Å². The van der Waals surface area contributed by atoms with E-state index in [1.165, 1.54) is 12.0 Å². The first-order chi connectivity index (χ1) is 28.4. The Balaban J connectivity index is 0.948. The molecule has 3 unspecified atom stereocenters. The minimum absolute atomic E-state index is 0.194.